The summed E-state index contributed by atoms with van der Waals surface area (Å²) < 4.78 is 0. The van der Waals surface area contributed by atoms with Crippen LogP contribution in [0.5, 0.6) is 0 Å². The van der Waals surface area contributed by atoms with Crippen molar-refractivity contribution in [2.75, 3.05) is 6.54 Å². The smallest absolute Gasteiger partial charge is 0.229 e. The molecule has 0 bridgehead atoms. The minimum atomic E-state index is 0.273. The van der Waals surface area contributed by atoms with Crippen molar-refractivity contribution in [3.63, 3.8) is 0 Å². The van der Waals surface area contributed by atoms with Crippen LogP contribution in [-0.2, 0) is 6.42 Å². The SMILES string of the molecule is C=C(C(CC)C(C)(C)C)N1CCCC1Cc1ccc(/C(C)=C(\C)NBC)cc1. The molecule has 2 nitrogen and oxygen atoms in total. The van der Waals surface area contributed by atoms with Crippen LogP contribution in [0, 0.1) is 11.3 Å². The molecule has 0 aromatic heterocycles. The van der Waals surface area contributed by atoms with Crippen molar-refractivity contribution in [1.29, 1.82) is 0 Å². The van der Waals surface area contributed by atoms with Crippen LogP contribution in [0.4, 0.5) is 0 Å². The molecule has 1 saturated heterocycles. The van der Waals surface area contributed by atoms with Gasteiger partial charge in [-0.1, -0.05) is 65.4 Å². The fourth-order valence-electron chi connectivity index (χ4n) is 4.75. The number of nitrogens with zero attached hydrogens (tertiary/aromatic N) is 1. The second-order valence-corrected chi connectivity index (χ2v) is 9.49. The Morgan fingerprint density at radius 2 is 1.89 bits per heavy atom. The van der Waals surface area contributed by atoms with Crippen molar-refractivity contribution in [3.05, 3.63) is 53.4 Å². The third-order valence-electron chi connectivity index (χ3n) is 6.46. The summed E-state index contributed by atoms with van der Waals surface area (Å²) in [6.45, 7) is 21.6. The Hall–Kier alpha value is -1.64. The minimum absolute atomic E-state index is 0.273. The second-order valence-electron chi connectivity index (χ2n) is 9.49. The van der Waals surface area contributed by atoms with Gasteiger partial charge in [-0.15, -0.1) is 0 Å². The molecule has 0 aliphatic carbocycles. The highest BCUT2D eigenvalue weighted by atomic mass is 15.2. The molecule has 1 aromatic rings. The largest absolute Gasteiger partial charge is 0.434 e. The van der Waals surface area contributed by atoms with Crippen LogP contribution < -0.4 is 5.23 Å². The number of hydrogen-bond acceptors (Lipinski definition) is 2. The van der Waals surface area contributed by atoms with E-state index in [1.54, 1.807) is 0 Å². The zero-order valence-corrected chi connectivity index (χ0v) is 19.4. The fourth-order valence-corrected chi connectivity index (χ4v) is 4.75. The van der Waals surface area contributed by atoms with Gasteiger partial charge in [0.25, 0.3) is 0 Å². The summed E-state index contributed by atoms with van der Waals surface area (Å²) in [7, 11) is 0.968. The maximum atomic E-state index is 4.55. The van der Waals surface area contributed by atoms with Crippen LogP contribution >= 0.6 is 0 Å². The highest BCUT2D eigenvalue weighted by Crippen LogP contribution is 2.38. The molecular formula is C25H41BN2. The van der Waals surface area contributed by atoms with Crippen molar-refractivity contribution in [2.24, 2.45) is 11.3 Å². The first-order valence-corrected chi connectivity index (χ1v) is 11.1. The van der Waals surface area contributed by atoms with Crippen LogP contribution in [0.25, 0.3) is 5.57 Å². The van der Waals surface area contributed by atoms with Gasteiger partial charge in [-0.25, -0.2) is 0 Å². The van der Waals surface area contributed by atoms with Crippen LogP contribution in [0.3, 0.4) is 0 Å². The predicted molar refractivity (Wildman–Crippen MR) is 127 cm³/mol. The van der Waals surface area contributed by atoms with Crippen LogP contribution in [0.15, 0.2) is 42.2 Å². The fraction of sp³-hybridized carbons (Fsp3) is 0.600. The molecule has 28 heavy (non-hydrogen) atoms. The molecule has 2 unspecified atom stereocenters. The number of hydrogen-bond donors (Lipinski definition) is 1. The molecule has 0 amide bonds. The molecule has 2 atom stereocenters. The van der Waals surface area contributed by atoms with Crippen LogP contribution in [0.1, 0.15) is 71.9 Å². The van der Waals surface area contributed by atoms with Crippen molar-refractivity contribution in [2.45, 2.75) is 80.1 Å². The lowest BCUT2D eigenvalue weighted by Gasteiger charge is -2.39. The zero-order valence-electron chi connectivity index (χ0n) is 19.4. The number of allylic oxidation sites excluding steroid dienone is 3. The molecule has 0 saturated carbocycles. The molecule has 1 aliphatic heterocycles. The topological polar surface area (TPSA) is 15.3 Å². The summed E-state index contributed by atoms with van der Waals surface area (Å²) in [6, 6.07) is 9.79. The molecule has 1 heterocycles. The molecule has 1 aromatic carbocycles. The zero-order chi connectivity index (χ0) is 20.9. The Morgan fingerprint density at radius 1 is 1.25 bits per heavy atom. The van der Waals surface area contributed by atoms with Gasteiger partial charge < -0.3 is 10.1 Å². The molecule has 3 heteroatoms. The first-order chi connectivity index (χ1) is 13.2. The third kappa shape index (κ3) is 5.46. The lowest BCUT2D eigenvalue weighted by Crippen LogP contribution is -2.36. The van der Waals surface area contributed by atoms with E-state index in [0.717, 1.165) is 26.8 Å². The highest BCUT2D eigenvalue weighted by Gasteiger charge is 2.33. The molecular weight excluding hydrogens is 339 g/mol. The molecule has 2 rings (SSSR count). The van der Waals surface area contributed by atoms with Gasteiger partial charge in [-0.05, 0) is 67.3 Å². The molecule has 154 valence electrons. The van der Waals surface area contributed by atoms with Gasteiger partial charge in [0.15, 0.2) is 0 Å². The Labute approximate surface area is 174 Å². The molecule has 1 fully saturated rings. The van der Waals surface area contributed by atoms with E-state index in [4.69, 9.17) is 0 Å². The second kappa shape index (κ2) is 9.72. The van der Waals surface area contributed by atoms with Gasteiger partial charge in [0.1, 0.15) is 0 Å². The Morgan fingerprint density at radius 3 is 2.43 bits per heavy atom. The van der Waals surface area contributed by atoms with E-state index >= 15 is 0 Å². The summed E-state index contributed by atoms with van der Waals surface area (Å²) in [5.74, 6) is 0.553. The first kappa shape index (κ1) is 22.7. The van der Waals surface area contributed by atoms with Crippen LogP contribution in [0.2, 0.25) is 6.82 Å². The van der Waals surface area contributed by atoms with Gasteiger partial charge in [-0.3, -0.25) is 0 Å². The van der Waals surface area contributed by atoms with E-state index in [2.05, 4.69) is 89.3 Å². The van der Waals surface area contributed by atoms with E-state index < -0.39 is 0 Å². The summed E-state index contributed by atoms with van der Waals surface area (Å²) in [5.41, 5.74) is 6.98. The van der Waals surface area contributed by atoms with Gasteiger partial charge in [0, 0.05) is 24.2 Å². The van der Waals surface area contributed by atoms with Crippen molar-refractivity contribution in [3.8, 4) is 0 Å². The standard InChI is InChI=1S/C25H41BN2/c1-9-24(25(5,6)7)20(4)28-16-10-11-23(28)17-21-12-14-22(15-13-21)18(2)19(3)27-26-8/h12-15,23-24,26-27H,4,9-11,16-17H2,1-3,5-8H3/b19-18+. The van der Waals surface area contributed by atoms with E-state index in [9.17, 15) is 0 Å². The van der Waals surface area contributed by atoms with Crippen molar-refractivity contribution in [1.82, 2.24) is 10.1 Å². The summed E-state index contributed by atoms with van der Waals surface area (Å²) >= 11 is 0. The number of likely N-dealkylation sites (tertiary alicyclic amines) is 1. The monoisotopic (exact) mass is 380 g/mol. The molecule has 1 N–H and O–H groups in total. The molecule has 1 aliphatic rings. The normalized spacial score (nSPS) is 19.2. The van der Waals surface area contributed by atoms with E-state index in [1.807, 2.05) is 0 Å². The Kier molecular flexibility index (Phi) is 7.86. The minimum Gasteiger partial charge on any atom is -0.434 e. The Bertz CT molecular complexity index is 681. The Balaban J connectivity index is 2.10. The van der Waals surface area contributed by atoms with E-state index in [1.165, 1.54) is 40.9 Å². The predicted octanol–water partition coefficient (Wildman–Crippen LogP) is 6.02. The van der Waals surface area contributed by atoms with Crippen molar-refractivity contribution < 1.29 is 0 Å². The van der Waals surface area contributed by atoms with Gasteiger partial charge in [-0.2, -0.15) is 0 Å². The van der Waals surface area contributed by atoms with E-state index in [-0.39, 0.29) is 5.41 Å². The number of rotatable bonds is 8. The summed E-state index contributed by atoms with van der Waals surface area (Å²) in [6.07, 6.45) is 4.84. The average Bonchev–Trinajstić information content (AvgIpc) is 3.09. The maximum absolute atomic E-state index is 4.55. The van der Waals surface area contributed by atoms with Crippen LogP contribution in [-0.4, -0.2) is 24.9 Å². The van der Waals surface area contributed by atoms with Gasteiger partial charge >= 0.3 is 0 Å². The van der Waals surface area contributed by atoms with Crippen molar-refractivity contribution >= 4 is 13.0 Å². The average molecular weight is 380 g/mol. The van der Waals surface area contributed by atoms with Gasteiger partial charge in [0.2, 0.25) is 7.41 Å². The third-order valence-corrected chi connectivity index (χ3v) is 6.46. The number of nitrogens with one attached hydrogen (secondary N) is 1. The lowest BCUT2D eigenvalue weighted by atomic mass is 9.77. The summed E-state index contributed by atoms with van der Waals surface area (Å²) in [4.78, 5) is 2.62. The lowest BCUT2D eigenvalue weighted by molar-refractivity contribution is 0.194. The maximum Gasteiger partial charge on any atom is 0.229 e. The highest BCUT2D eigenvalue weighted by molar-refractivity contribution is 6.30. The molecule has 0 spiro atoms. The quantitative estimate of drug-likeness (QED) is 0.555. The van der Waals surface area contributed by atoms with Gasteiger partial charge in [0.05, 0.1) is 0 Å². The first-order valence-electron chi connectivity index (χ1n) is 11.1. The molecule has 0 radical (unpaired) electrons. The summed E-state index contributed by atoms with van der Waals surface area (Å²) in [5, 5.41) is 3.43. The number of benzene rings is 1. The van der Waals surface area contributed by atoms with E-state index in [0.29, 0.717) is 12.0 Å².